The van der Waals surface area contributed by atoms with Crippen molar-refractivity contribution in [2.75, 3.05) is 29.0 Å². The van der Waals surface area contributed by atoms with Crippen molar-refractivity contribution in [1.82, 2.24) is 0 Å². The quantitative estimate of drug-likeness (QED) is 0.688. The average molecular weight is 405 g/mol. The third kappa shape index (κ3) is 5.99. The van der Waals surface area contributed by atoms with Crippen molar-refractivity contribution in [3.05, 3.63) is 53.6 Å². The van der Waals surface area contributed by atoms with Gasteiger partial charge in [-0.05, 0) is 62.6 Å². The number of nitrogens with one attached hydrogen (secondary N) is 1. The largest absolute Gasteiger partial charge is 0.492 e. The van der Waals surface area contributed by atoms with Crippen molar-refractivity contribution in [2.24, 2.45) is 0 Å². The first kappa shape index (κ1) is 21.8. The zero-order chi connectivity index (χ0) is 20.7. The molecule has 0 aromatic heterocycles. The lowest BCUT2D eigenvalue weighted by molar-refractivity contribution is -0.116. The topological polar surface area (TPSA) is 75.7 Å². The SMILES string of the molecule is CCOc1ccccc1NC(=O)CCCN(c1ccc(C)c(C)c1)S(C)(=O)=O. The van der Waals surface area contributed by atoms with Crippen molar-refractivity contribution >= 4 is 27.3 Å². The van der Waals surface area contributed by atoms with Gasteiger partial charge in [-0.15, -0.1) is 0 Å². The summed E-state index contributed by atoms with van der Waals surface area (Å²) in [5, 5.41) is 2.83. The predicted octanol–water partition coefficient (Wildman–Crippen LogP) is 3.89. The van der Waals surface area contributed by atoms with E-state index in [4.69, 9.17) is 4.74 Å². The standard InChI is InChI=1S/C21H28N2O4S/c1-5-27-20-10-7-6-9-19(20)22-21(24)11-8-14-23(28(4,25)26)18-13-12-16(2)17(3)15-18/h6-7,9-10,12-13,15H,5,8,11,14H2,1-4H3,(H,22,24). The Bertz CT molecular complexity index is 926. The van der Waals surface area contributed by atoms with Crippen LogP contribution in [0.15, 0.2) is 42.5 Å². The molecule has 2 aromatic carbocycles. The molecule has 0 saturated heterocycles. The fraction of sp³-hybridized carbons (Fsp3) is 0.381. The Balaban J connectivity index is 2.01. The van der Waals surface area contributed by atoms with Crippen LogP contribution in [0.1, 0.15) is 30.9 Å². The molecule has 7 heteroatoms. The summed E-state index contributed by atoms with van der Waals surface area (Å²) < 4.78 is 31.3. The molecule has 0 unspecified atom stereocenters. The zero-order valence-electron chi connectivity index (χ0n) is 16.9. The number of carbonyl (C=O) groups is 1. The Hall–Kier alpha value is -2.54. The number of nitrogens with zero attached hydrogens (tertiary/aromatic N) is 1. The summed E-state index contributed by atoms with van der Waals surface area (Å²) in [6.07, 6.45) is 1.79. The predicted molar refractivity (Wildman–Crippen MR) is 114 cm³/mol. The van der Waals surface area contributed by atoms with Gasteiger partial charge >= 0.3 is 0 Å². The highest BCUT2D eigenvalue weighted by atomic mass is 32.2. The fourth-order valence-electron chi connectivity index (χ4n) is 2.81. The smallest absolute Gasteiger partial charge is 0.232 e. The van der Waals surface area contributed by atoms with Crippen molar-refractivity contribution in [2.45, 2.75) is 33.6 Å². The Labute approximate surface area is 167 Å². The molecule has 0 saturated carbocycles. The monoisotopic (exact) mass is 404 g/mol. The minimum Gasteiger partial charge on any atom is -0.492 e. The molecule has 28 heavy (non-hydrogen) atoms. The number of aryl methyl sites for hydroxylation is 2. The summed E-state index contributed by atoms with van der Waals surface area (Å²) >= 11 is 0. The van der Waals surface area contributed by atoms with Crippen LogP contribution < -0.4 is 14.4 Å². The van der Waals surface area contributed by atoms with Gasteiger partial charge in [0, 0.05) is 13.0 Å². The molecule has 152 valence electrons. The molecule has 0 heterocycles. The van der Waals surface area contributed by atoms with Crippen LogP contribution in [0.5, 0.6) is 5.75 Å². The molecule has 0 fully saturated rings. The molecule has 0 aliphatic rings. The van der Waals surface area contributed by atoms with Gasteiger partial charge in [0.2, 0.25) is 15.9 Å². The normalized spacial score (nSPS) is 11.1. The maximum Gasteiger partial charge on any atom is 0.232 e. The number of benzene rings is 2. The maximum absolute atomic E-state index is 12.3. The molecule has 0 bridgehead atoms. The van der Waals surface area contributed by atoms with E-state index in [9.17, 15) is 13.2 Å². The lowest BCUT2D eigenvalue weighted by Gasteiger charge is -2.23. The van der Waals surface area contributed by atoms with Crippen LogP contribution in [0.25, 0.3) is 0 Å². The van der Waals surface area contributed by atoms with Crippen LogP contribution in [0.4, 0.5) is 11.4 Å². The fourth-order valence-corrected chi connectivity index (χ4v) is 3.77. The van der Waals surface area contributed by atoms with Crippen LogP contribution in [0.3, 0.4) is 0 Å². The molecule has 6 nitrogen and oxygen atoms in total. The first-order valence-corrected chi connectivity index (χ1v) is 11.1. The van der Waals surface area contributed by atoms with E-state index in [2.05, 4.69) is 5.32 Å². The average Bonchev–Trinajstić information content (AvgIpc) is 2.62. The van der Waals surface area contributed by atoms with Gasteiger partial charge in [0.15, 0.2) is 0 Å². The molecule has 0 spiro atoms. The second-order valence-electron chi connectivity index (χ2n) is 6.68. The number of hydrogen-bond acceptors (Lipinski definition) is 4. The molecular weight excluding hydrogens is 376 g/mol. The van der Waals surface area contributed by atoms with Crippen molar-refractivity contribution in [3.8, 4) is 5.75 Å². The summed E-state index contributed by atoms with van der Waals surface area (Å²) in [6, 6.07) is 12.8. The van der Waals surface area contributed by atoms with Gasteiger partial charge in [-0.1, -0.05) is 18.2 Å². The van der Waals surface area contributed by atoms with E-state index >= 15 is 0 Å². The summed E-state index contributed by atoms with van der Waals surface area (Å²) in [7, 11) is -3.44. The number of hydrogen-bond donors (Lipinski definition) is 1. The summed E-state index contributed by atoms with van der Waals surface area (Å²) in [5.74, 6) is 0.437. The van der Waals surface area contributed by atoms with E-state index in [1.807, 2.05) is 45.0 Å². The third-order valence-corrected chi connectivity index (χ3v) is 5.60. The number of para-hydroxylation sites is 2. The highest BCUT2D eigenvalue weighted by molar-refractivity contribution is 7.92. The van der Waals surface area contributed by atoms with E-state index in [1.54, 1.807) is 18.2 Å². The van der Waals surface area contributed by atoms with E-state index in [0.717, 1.165) is 11.1 Å². The molecule has 0 radical (unpaired) electrons. The van der Waals surface area contributed by atoms with E-state index < -0.39 is 10.0 Å². The second-order valence-corrected chi connectivity index (χ2v) is 8.59. The van der Waals surface area contributed by atoms with E-state index in [0.29, 0.717) is 30.2 Å². The summed E-state index contributed by atoms with van der Waals surface area (Å²) in [6.45, 7) is 6.55. The lowest BCUT2D eigenvalue weighted by atomic mass is 10.1. The molecule has 1 N–H and O–H groups in total. The van der Waals surface area contributed by atoms with Gasteiger partial charge in [-0.3, -0.25) is 9.10 Å². The molecular formula is C21H28N2O4S. The van der Waals surface area contributed by atoms with Gasteiger partial charge in [0.05, 0.1) is 24.2 Å². The Morgan fingerprint density at radius 2 is 1.82 bits per heavy atom. The maximum atomic E-state index is 12.3. The molecule has 0 atom stereocenters. The van der Waals surface area contributed by atoms with Crippen LogP contribution in [-0.2, 0) is 14.8 Å². The zero-order valence-corrected chi connectivity index (χ0v) is 17.7. The minimum atomic E-state index is -3.44. The Morgan fingerprint density at radius 1 is 1.11 bits per heavy atom. The first-order valence-electron chi connectivity index (χ1n) is 9.29. The van der Waals surface area contributed by atoms with Crippen LogP contribution in [0.2, 0.25) is 0 Å². The number of sulfonamides is 1. The summed E-state index contributed by atoms with van der Waals surface area (Å²) in [4.78, 5) is 12.3. The highest BCUT2D eigenvalue weighted by Gasteiger charge is 2.18. The number of carbonyl (C=O) groups excluding carboxylic acids is 1. The van der Waals surface area contributed by atoms with E-state index in [-0.39, 0.29) is 18.9 Å². The van der Waals surface area contributed by atoms with Crippen molar-refractivity contribution < 1.29 is 17.9 Å². The summed E-state index contributed by atoms with van der Waals surface area (Å²) in [5.41, 5.74) is 3.36. The van der Waals surface area contributed by atoms with Crippen molar-refractivity contribution in [3.63, 3.8) is 0 Å². The minimum absolute atomic E-state index is 0.180. The molecule has 1 amide bonds. The van der Waals surface area contributed by atoms with Gasteiger partial charge < -0.3 is 10.1 Å². The van der Waals surface area contributed by atoms with Crippen LogP contribution >= 0.6 is 0 Å². The second kappa shape index (κ2) is 9.59. The van der Waals surface area contributed by atoms with Gasteiger partial charge in [-0.25, -0.2) is 8.42 Å². The first-order chi connectivity index (χ1) is 13.2. The molecule has 2 rings (SSSR count). The third-order valence-electron chi connectivity index (χ3n) is 4.40. The Morgan fingerprint density at radius 3 is 2.46 bits per heavy atom. The molecule has 2 aromatic rings. The number of rotatable bonds is 9. The Kier molecular flexibility index (Phi) is 7.45. The van der Waals surface area contributed by atoms with E-state index in [1.165, 1.54) is 10.6 Å². The van der Waals surface area contributed by atoms with Gasteiger partial charge in [0.1, 0.15) is 5.75 Å². The number of ether oxygens (including phenoxy) is 1. The van der Waals surface area contributed by atoms with Crippen LogP contribution in [0, 0.1) is 13.8 Å². The van der Waals surface area contributed by atoms with Gasteiger partial charge in [0.25, 0.3) is 0 Å². The molecule has 0 aliphatic heterocycles. The highest BCUT2D eigenvalue weighted by Crippen LogP contribution is 2.24. The van der Waals surface area contributed by atoms with Crippen molar-refractivity contribution in [1.29, 1.82) is 0 Å². The molecule has 0 aliphatic carbocycles. The van der Waals surface area contributed by atoms with Crippen LogP contribution in [-0.4, -0.2) is 33.7 Å². The van der Waals surface area contributed by atoms with Gasteiger partial charge in [-0.2, -0.15) is 0 Å². The number of anilines is 2. The number of amides is 1. The lowest BCUT2D eigenvalue weighted by Crippen LogP contribution is -2.31.